The SMILES string of the molecule is CN(C)[C@H](CNC(=O)[C@@H]1CCCN1c1ccccc1)SCc1ccc(C(N)=O)cc1. The third kappa shape index (κ3) is 5.77. The highest BCUT2D eigenvalue weighted by Crippen LogP contribution is 2.25. The van der Waals surface area contributed by atoms with Crippen LogP contribution in [-0.4, -0.2) is 55.3 Å². The monoisotopic (exact) mass is 426 g/mol. The average Bonchev–Trinajstić information content (AvgIpc) is 3.24. The number of carbonyl (C=O) groups excluding carboxylic acids is 2. The molecular formula is C23H30N4O2S. The summed E-state index contributed by atoms with van der Waals surface area (Å²) in [6, 6.07) is 17.4. The van der Waals surface area contributed by atoms with Gasteiger partial charge in [-0.15, -0.1) is 11.8 Å². The van der Waals surface area contributed by atoms with Crippen LogP contribution in [0.15, 0.2) is 54.6 Å². The topological polar surface area (TPSA) is 78.7 Å². The van der Waals surface area contributed by atoms with Crippen molar-refractivity contribution < 1.29 is 9.59 Å². The zero-order chi connectivity index (χ0) is 21.5. The van der Waals surface area contributed by atoms with Gasteiger partial charge in [-0.25, -0.2) is 0 Å². The molecule has 3 N–H and O–H groups in total. The lowest BCUT2D eigenvalue weighted by atomic mass is 10.1. The van der Waals surface area contributed by atoms with Gasteiger partial charge in [-0.1, -0.05) is 30.3 Å². The first-order valence-electron chi connectivity index (χ1n) is 10.2. The Morgan fingerprint density at radius 2 is 1.87 bits per heavy atom. The highest BCUT2D eigenvalue weighted by molar-refractivity contribution is 7.99. The Labute approximate surface area is 182 Å². The van der Waals surface area contributed by atoms with Crippen LogP contribution < -0.4 is 16.0 Å². The molecule has 1 aliphatic heterocycles. The van der Waals surface area contributed by atoms with Crippen molar-refractivity contribution in [2.45, 2.75) is 30.0 Å². The minimum atomic E-state index is -0.417. The summed E-state index contributed by atoms with van der Waals surface area (Å²) in [7, 11) is 4.04. The van der Waals surface area contributed by atoms with E-state index in [-0.39, 0.29) is 17.3 Å². The second-order valence-electron chi connectivity index (χ2n) is 7.72. The molecule has 3 rings (SSSR count). The van der Waals surface area contributed by atoms with Crippen LogP contribution in [0.5, 0.6) is 0 Å². The molecule has 0 spiro atoms. The second-order valence-corrected chi connectivity index (χ2v) is 8.89. The first-order chi connectivity index (χ1) is 14.5. The van der Waals surface area contributed by atoms with E-state index in [4.69, 9.17) is 5.73 Å². The van der Waals surface area contributed by atoms with Crippen molar-refractivity contribution in [2.75, 3.05) is 32.1 Å². The van der Waals surface area contributed by atoms with Crippen molar-refractivity contribution in [3.05, 3.63) is 65.7 Å². The number of likely N-dealkylation sites (N-methyl/N-ethyl adjacent to an activating group) is 1. The van der Waals surface area contributed by atoms with Crippen molar-refractivity contribution >= 4 is 29.3 Å². The van der Waals surface area contributed by atoms with E-state index in [1.165, 1.54) is 0 Å². The van der Waals surface area contributed by atoms with Crippen molar-refractivity contribution in [3.8, 4) is 0 Å². The summed E-state index contributed by atoms with van der Waals surface area (Å²) in [5, 5.41) is 3.31. The average molecular weight is 427 g/mol. The van der Waals surface area contributed by atoms with Gasteiger partial charge in [0.15, 0.2) is 0 Å². The van der Waals surface area contributed by atoms with Crippen molar-refractivity contribution in [1.29, 1.82) is 0 Å². The molecule has 1 fully saturated rings. The molecule has 0 aromatic heterocycles. The van der Waals surface area contributed by atoms with Gasteiger partial charge in [-0.3, -0.25) is 14.5 Å². The summed E-state index contributed by atoms with van der Waals surface area (Å²) < 4.78 is 0. The zero-order valence-electron chi connectivity index (χ0n) is 17.6. The number of para-hydroxylation sites is 1. The third-order valence-corrected chi connectivity index (χ3v) is 6.82. The molecule has 2 amide bonds. The Hall–Kier alpha value is -2.51. The van der Waals surface area contributed by atoms with E-state index >= 15 is 0 Å². The number of anilines is 1. The van der Waals surface area contributed by atoms with Crippen LogP contribution >= 0.6 is 11.8 Å². The minimum Gasteiger partial charge on any atom is -0.366 e. The van der Waals surface area contributed by atoms with Crippen molar-refractivity contribution in [1.82, 2.24) is 10.2 Å². The van der Waals surface area contributed by atoms with Gasteiger partial charge in [-0.05, 0) is 56.8 Å². The lowest BCUT2D eigenvalue weighted by Crippen LogP contribution is -2.47. The number of benzene rings is 2. The lowest BCUT2D eigenvalue weighted by molar-refractivity contribution is -0.122. The molecule has 160 valence electrons. The fourth-order valence-electron chi connectivity index (χ4n) is 3.62. The number of carbonyl (C=O) groups is 2. The van der Waals surface area contributed by atoms with Gasteiger partial charge in [0.2, 0.25) is 11.8 Å². The van der Waals surface area contributed by atoms with Crippen LogP contribution in [-0.2, 0) is 10.5 Å². The predicted octanol–water partition coefficient (Wildman–Crippen LogP) is 2.69. The number of nitrogens with zero attached hydrogens (tertiary/aromatic N) is 2. The van der Waals surface area contributed by atoms with Gasteiger partial charge in [0.1, 0.15) is 6.04 Å². The standard InChI is InChI=1S/C23H30N4O2S/c1-26(2)21(30-16-17-10-12-18(13-11-17)22(24)28)15-25-23(29)20-9-6-14-27(20)19-7-4-3-5-8-19/h3-5,7-8,10-13,20-21H,6,9,14-16H2,1-2H3,(H2,24,28)(H,25,29)/t20-,21-/m0/s1. The summed E-state index contributed by atoms with van der Waals surface area (Å²) in [6.07, 6.45) is 1.91. The third-order valence-electron chi connectivity index (χ3n) is 5.35. The van der Waals surface area contributed by atoms with Crippen molar-refractivity contribution in [3.63, 3.8) is 0 Å². The zero-order valence-corrected chi connectivity index (χ0v) is 18.4. The van der Waals surface area contributed by atoms with Crippen LogP contribution in [0.3, 0.4) is 0 Å². The summed E-state index contributed by atoms with van der Waals surface area (Å²) in [5.74, 6) is 0.464. The van der Waals surface area contributed by atoms with Gasteiger partial charge in [0, 0.05) is 30.1 Å². The maximum atomic E-state index is 12.9. The number of nitrogens with one attached hydrogen (secondary N) is 1. The maximum absolute atomic E-state index is 12.9. The molecule has 6 nitrogen and oxygen atoms in total. The smallest absolute Gasteiger partial charge is 0.248 e. The van der Waals surface area contributed by atoms with Crippen molar-refractivity contribution in [2.24, 2.45) is 5.73 Å². The Kier molecular flexibility index (Phi) is 7.76. The minimum absolute atomic E-state index is 0.0922. The molecule has 0 saturated carbocycles. The number of hydrogen-bond acceptors (Lipinski definition) is 5. The largest absolute Gasteiger partial charge is 0.366 e. The van der Waals surface area contributed by atoms with Crippen LogP contribution in [0.1, 0.15) is 28.8 Å². The van der Waals surface area contributed by atoms with Crippen LogP contribution in [0.2, 0.25) is 0 Å². The number of nitrogens with two attached hydrogens (primary N) is 1. The Morgan fingerprint density at radius 3 is 2.50 bits per heavy atom. The van der Waals surface area contributed by atoms with E-state index in [9.17, 15) is 9.59 Å². The van der Waals surface area contributed by atoms with Gasteiger partial charge >= 0.3 is 0 Å². The Balaban J connectivity index is 1.53. The molecule has 0 radical (unpaired) electrons. The number of thioether (sulfide) groups is 1. The first-order valence-corrected chi connectivity index (χ1v) is 11.3. The van der Waals surface area contributed by atoms with Gasteiger partial charge in [0.25, 0.3) is 0 Å². The molecule has 1 heterocycles. The van der Waals surface area contributed by atoms with Gasteiger partial charge in [0.05, 0.1) is 5.37 Å². The van der Waals surface area contributed by atoms with Crippen LogP contribution in [0.25, 0.3) is 0 Å². The highest BCUT2D eigenvalue weighted by Gasteiger charge is 2.31. The molecule has 30 heavy (non-hydrogen) atoms. The summed E-state index contributed by atoms with van der Waals surface area (Å²) in [5.41, 5.74) is 8.04. The van der Waals surface area contributed by atoms with E-state index in [1.807, 2.05) is 44.4 Å². The molecule has 0 aliphatic carbocycles. The lowest BCUT2D eigenvalue weighted by Gasteiger charge is -2.28. The molecule has 1 aliphatic rings. The molecule has 7 heteroatoms. The van der Waals surface area contributed by atoms with Crippen LogP contribution in [0, 0.1) is 0 Å². The second kappa shape index (κ2) is 10.5. The summed E-state index contributed by atoms with van der Waals surface area (Å²) in [6.45, 7) is 1.49. The molecule has 0 bridgehead atoms. The number of amides is 2. The number of rotatable bonds is 9. The summed E-state index contributed by atoms with van der Waals surface area (Å²) >= 11 is 1.76. The van der Waals surface area contributed by atoms with Crippen LogP contribution in [0.4, 0.5) is 5.69 Å². The Morgan fingerprint density at radius 1 is 1.17 bits per heavy atom. The van der Waals surface area contributed by atoms with E-state index in [0.717, 1.165) is 36.4 Å². The molecule has 2 aromatic carbocycles. The Bertz CT molecular complexity index is 842. The fourth-order valence-corrected chi connectivity index (χ4v) is 4.70. The van der Waals surface area contributed by atoms with E-state index in [0.29, 0.717) is 12.1 Å². The maximum Gasteiger partial charge on any atom is 0.248 e. The number of primary amides is 1. The molecule has 2 atom stereocenters. The first kappa shape index (κ1) is 22.2. The van der Waals surface area contributed by atoms with Gasteiger partial charge < -0.3 is 16.0 Å². The van der Waals surface area contributed by atoms with E-state index in [1.54, 1.807) is 23.9 Å². The normalized spacial score (nSPS) is 17.2. The highest BCUT2D eigenvalue weighted by atomic mass is 32.2. The van der Waals surface area contributed by atoms with E-state index < -0.39 is 5.91 Å². The van der Waals surface area contributed by atoms with Gasteiger partial charge in [-0.2, -0.15) is 0 Å². The molecule has 0 unspecified atom stereocenters. The van der Waals surface area contributed by atoms with E-state index in [2.05, 4.69) is 27.2 Å². The quantitative estimate of drug-likeness (QED) is 0.603. The predicted molar refractivity (Wildman–Crippen MR) is 124 cm³/mol. The number of hydrogen-bond donors (Lipinski definition) is 2. The summed E-state index contributed by atoms with van der Waals surface area (Å²) in [4.78, 5) is 28.4. The molecule has 2 aromatic rings. The molecular weight excluding hydrogens is 396 g/mol. The molecule has 1 saturated heterocycles. The fraction of sp³-hybridized carbons (Fsp3) is 0.391.